The van der Waals surface area contributed by atoms with E-state index >= 15 is 0 Å². The van der Waals surface area contributed by atoms with Crippen molar-refractivity contribution >= 4 is 17.4 Å². The summed E-state index contributed by atoms with van der Waals surface area (Å²) in [6.07, 6.45) is 3.27. The standard InChI is InChI=1S/C18H20ClN5O/c1-12-7-13(2)24(23-12)17-10-20-9-16(22-17)21-11-18(3,25)14-5-4-6-15(19)8-14/h4-10,25H,11H2,1-3H3,(H,21,22). The van der Waals surface area contributed by atoms with Gasteiger partial charge in [0.25, 0.3) is 0 Å². The van der Waals surface area contributed by atoms with E-state index in [1.807, 2.05) is 32.0 Å². The number of hydrogen-bond acceptors (Lipinski definition) is 5. The predicted octanol–water partition coefficient (Wildman–Crippen LogP) is 3.25. The van der Waals surface area contributed by atoms with Crippen LogP contribution in [0.5, 0.6) is 0 Å². The molecular formula is C18H20ClN5O. The molecule has 6 nitrogen and oxygen atoms in total. The van der Waals surface area contributed by atoms with Gasteiger partial charge in [0.1, 0.15) is 11.4 Å². The molecule has 7 heteroatoms. The van der Waals surface area contributed by atoms with Crippen molar-refractivity contribution in [3.63, 3.8) is 0 Å². The van der Waals surface area contributed by atoms with Crippen LogP contribution in [0.2, 0.25) is 5.02 Å². The lowest BCUT2D eigenvalue weighted by Crippen LogP contribution is -2.31. The molecule has 25 heavy (non-hydrogen) atoms. The third-order valence-corrected chi connectivity index (χ3v) is 4.14. The summed E-state index contributed by atoms with van der Waals surface area (Å²) in [4.78, 5) is 8.73. The number of aryl methyl sites for hydroxylation is 2. The number of halogens is 1. The number of aromatic nitrogens is 4. The Labute approximate surface area is 151 Å². The third-order valence-electron chi connectivity index (χ3n) is 3.91. The molecule has 3 aromatic rings. The fourth-order valence-corrected chi connectivity index (χ4v) is 2.78. The van der Waals surface area contributed by atoms with Crippen LogP contribution in [-0.4, -0.2) is 31.4 Å². The maximum atomic E-state index is 10.7. The Balaban J connectivity index is 1.77. The van der Waals surface area contributed by atoms with Crippen molar-refractivity contribution in [1.82, 2.24) is 19.7 Å². The van der Waals surface area contributed by atoms with E-state index in [4.69, 9.17) is 11.6 Å². The van der Waals surface area contributed by atoms with Crippen LogP contribution in [0, 0.1) is 13.8 Å². The van der Waals surface area contributed by atoms with Gasteiger partial charge in [0.2, 0.25) is 0 Å². The lowest BCUT2D eigenvalue weighted by atomic mass is 9.96. The van der Waals surface area contributed by atoms with Crippen molar-refractivity contribution in [3.8, 4) is 5.82 Å². The van der Waals surface area contributed by atoms with E-state index in [-0.39, 0.29) is 6.54 Å². The molecule has 0 fully saturated rings. The minimum atomic E-state index is -1.10. The van der Waals surface area contributed by atoms with Gasteiger partial charge in [0, 0.05) is 17.3 Å². The number of rotatable bonds is 5. The SMILES string of the molecule is Cc1cc(C)n(-c2cncc(NCC(C)(O)c3cccc(Cl)c3)n2)n1. The first kappa shape index (κ1) is 17.4. The highest BCUT2D eigenvalue weighted by atomic mass is 35.5. The van der Waals surface area contributed by atoms with E-state index in [0.29, 0.717) is 16.7 Å². The lowest BCUT2D eigenvalue weighted by Gasteiger charge is -2.24. The van der Waals surface area contributed by atoms with Crippen LogP contribution in [0.1, 0.15) is 23.9 Å². The monoisotopic (exact) mass is 357 g/mol. The van der Waals surface area contributed by atoms with E-state index in [0.717, 1.165) is 17.0 Å². The molecule has 0 aliphatic heterocycles. The Morgan fingerprint density at radius 1 is 1.24 bits per heavy atom. The molecule has 2 heterocycles. The maximum Gasteiger partial charge on any atom is 0.174 e. The molecule has 1 atom stereocenters. The van der Waals surface area contributed by atoms with E-state index in [1.54, 1.807) is 36.1 Å². The van der Waals surface area contributed by atoms with Crippen LogP contribution in [0.25, 0.3) is 5.82 Å². The van der Waals surface area contributed by atoms with E-state index in [9.17, 15) is 5.11 Å². The first-order valence-electron chi connectivity index (χ1n) is 7.93. The van der Waals surface area contributed by atoms with Crippen LogP contribution in [0.15, 0.2) is 42.7 Å². The van der Waals surface area contributed by atoms with Crippen molar-refractivity contribution in [3.05, 3.63) is 64.7 Å². The summed E-state index contributed by atoms with van der Waals surface area (Å²) in [7, 11) is 0. The summed E-state index contributed by atoms with van der Waals surface area (Å²) in [6, 6.07) is 9.16. The quantitative estimate of drug-likeness (QED) is 0.733. The normalized spacial score (nSPS) is 13.5. The molecule has 2 N–H and O–H groups in total. The second kappa shape index (κ2) is 6.82. The number of nitrogens with one attached hydrogen (secondary N) is 1. The van der Waals surface area contributed by atoms with Gasteiger partial charge in [0.15, 0.2) is 5.82 Å². The van der Waals surface area contributed by atoms with Crippen molar-refractivity contribution in [2.45, 2.75) is 26.4 Å². The van der Waals surface area contributed by atoms with Crippen LogP contribution >= 0.6 is 11.6 Å². The summed E-state index contributed by atoms with van der Waals surface area (Å²) in [6.45, 7) is 5.89. The second-order valence-corrected chi connectivity index (χ2v) is 6.68. The minimum Gasteiger partial charge on any atom is -0.384 e. The summed E-state index contributed by atoms with van der Waals surface area (Å²) in [5, 5.41) is 18.8. The van der Waals surface area contributed by atoms with Crippen molar-refractivity contribution in [2.24, 2.45) is 0 Å². The maximum absolute atomic E-state index is 10.7. The van der Waals surface area contributed by atoms with E-state index in [1.165, 1.54) is 0 Å². The average Bonchev–Trinajstić information content (AvgIpc) is 2.92. The molecule has 0 saturated heterocycles. The zero-order chi connectivity index (χ0) is 18.0. The Morgan fingerprint density at radius 3 is 2.72 bits per heavy atom. The molecule has 1 unspecified atom stereocenters. The van der Waals surface area contributed by atoms with Crippen molar-refractivity contribution in [1.29, 1.82) is 0 Å². The van der Waals surface area contributed by atoms with Gasteiger partial charge >= 0.3 is 0 Å². The first-order chi connectivity index (χ1) is 11.8. The highest BCUT2D eigenvalue weighted by molar-refractivity contribution is 6.30. The first-order valence-corrected chi connectivity index (χ1v) is 8.31. The molecule has 0 spiro atoms. The van der Waals surface area contributed by atoms with Gasteiger partial charge in [-0.3, -0.25) is 4.98 Å². The van der Waals surface area contributed by atoms with Gasteiger partial charge in [-0.15, -0.1) is 0 Å². The number of anilines is 1. The van der Waals surface area contributed by atoms with Gasteiger partial charge < -0.3 is 10.4 Å². The molecule has 0 radical (unpaired) electrons. The van der Waals surface area contributed by atoms with Gasteiger partial charge in [-0.05, 0) is 44.5 Å². The fraction of sp³-hybridized carbons (Fsp3) is 0.278. The summed E-state index contributed by atoms with van der Waals surface area (Å²) < 4.78 is 1.74. The van der Waals surface area contributed by atoms with Crippen molar-refractivity contribution in [2.75, 3.05) is 11.9 Å². The van der Waals surface area contributed by atoms with Gasteiger partial charge in [0.05, 0.1) is 18.1 Å². The fourth-order valence-electron chi connectivity index (χ4n) is 2.59. The topological polar surface area (TPSA) is 75.9 Å². The van der Waals surface area contributed by atoms with Crippen LogP contribution in [0.3, 0.4) is 0 Å². The highest BCUT2D eigenvalue weighted by Crippen LogP contribution is 2.24. The molecule has 2 aromatic heterocycles. The predicted molar refractivity (Wildman–Crippen MR) is 98.1 cm³/mol. The molecule has 3 rings (SSSR count). The Hall–Kier alpha value is -2.44. The van der Waals surface area contributed by atoms with Crippen LogP contribution < -0.4 is 5.32 Å². The van der Waals surface area contributed by atoms with E-state index in [2.05, 4.69) is 20.4 Å². The molecule has 0 aliphatic rings. The third kappa shape index (κ3) is 3.97. The summed E-state index contributed by atoms with van der Waals surface area (Å²) in [5.74, 6) is 1.19. The Morgan fingerprint density at radius 2 is 2.04 bits per heavy atom. The Kier molecular flexibility index (Phi) is 4.74. The van der Waals surface area contributed by atoms with Crippen LogP contribution in [-0.2, 0) is 5.60 Å². The number of aliphatic hydroxyl groups is 1. The molecule has 1 aromatic carbocycles. The van der Waals surface area contributed by atoms with Crippen LogP contribution in [0.4, 0.5) is 5.82 Å². The van der Waals surface area contributed by atoms with E-state index < -0.39 is 5.60 Å². The average molecular weight is 358 g/mol. The largest absolute Gasteiger partial charge is 0.384 e. The zero-order valence-electron chi connectivity index (χ0n) is 14.4. The zero-order valence-corrected chi connectivity index (χ0v) is 15.1. The number of hydrogen-bond donors (Lipinski definition) is 2. The molecule has 0 aliphatic carbocycles. The lowest BCUT2D eigenvalue weighted by molar-refractivity contribution is 0.0714. The Bertz CT molecular complexity index is 891. The van der Waals surface area contributed by atoms with Gasteiger partial charge in [-0.2, -0.15) is 5.10 Å². The van der Waals surface area contributed by atoms with Gasteiger partial charge in [-0.25, -0.2) is 9.67 Å². The molecule has 0 amide bonds. The minimum absolute atomic E-state index is 0.266. The highest BCUT2D eigenvalue weighted by Gasteiger charge is 2.23. The molecular weight excluding hydrogens is 338 g/mol. The molecule has 130 valence electrons. The smallest absolute Gasteiger partial charge is 0.174 e. The number of nitrogens with zero attached hydrogens (tertiary/aromatic N) is 4. The summed E-state index contributed by atoms with van der Waals surface area (Å²) in [5.41, 5.74) is 1.53. The second-order valence-electron chi connectivity index (χ2n) is 6.24. The molecule has 0 saturated carbocycles. The van der Waals surface area contributed by atoms with Gasteiger partial charge in [-0.1, -0.05) is 23.7 Å². The number of benzene rings is 1. The molecule has 0 bridgehead atoms. The summed E-state index contributed by atoms with van der Waals surface area (Å²) >= 11 is 6.01. The van der Waals surface area contributed by atoms with Crippen molar-refractivity contribution < 1.29 is 5.11 Å².